The number of thioether (sulfide) groups is 1. The number of benzene rings is 2. The lowest BCUT2D eigenvalue weighted by atomic mass is 10.2. The van der Waals surface area contributed by atoms with E-state index in [1.54, 1.807) is 30.3 Å². The van der Waals surface area contributed by atoms with Gasteiger partial charge in [-0.3, -0.25) is 4.79 Å². The number of anilines is 1. The SMILES string of the molecule is CSc1ccccc1C(=O)Nc1ccc(C#N)cc1. The largest absolute Gasteiger partial charge is 0.322 e. The van der Waals surface area contributed by atoms with Crippen molar-refractivity contribution in [2.75, 3.05) is 11.6 Å². The Morgan fingerprint density at radius 1 is 1.16 bits per heavy atom. The Kier molecular flexibility index (Phi) is 4.22. The maximum atomic E-state index is 12.2. The van der Waals surface area contributed by atoms with Gasteiger partial charge in [-0.1, -0.05) is 12.1 Å². The van der Waals surface area contributed by atoms with Crippen molar-refractivity contribution in [2.45, 2.75) is 4.90 Å². The van der Waals surface area contributed by atoms with Crippen LogP contribution < -0.4 is 5.32 Å². The minimum absolute atomic E-state index is 0.144. The first kappa shape index (κ1) is 13.2. The van der Waals surface area contributed by atoms with Gasteiger partial charge in [-0.2, -0.15) is 5.26 Å². The molecule has 1 N–H and O–H groups in total. The Labute approximate surface area is 116 Å². The molecule has 0 heterocycles. The summed E-state index contributed by atoms with van der Waals surface area (Å²) in [5.41, 5.74) is 1.90. The van der Waals surface area contributed by atoms with Gasteiger partial charge in [0.25, 0.3) is 5.91 Å². The van der Waals surface area contributed by atoms with Crippen LogP contribution in [0.25, 0.3) is 0 Å². The topological polar surface area (TPSA) is 52.9 Å². The molecule has 2 aromatic rings. The third-order valence-electron chi connectivity index (χ3n) is 2.62. The minimum Gasteiger partial charge on any atom is -0.322 e. The molecule has 4 heteroatoms. The number of rotatable bonds is 3. The van der Waals surface area contributed by atoms with E-state index in [1.165, 1.54) is 11.8 Å². The molecule has 0 saturated heterocycles. The summed E-state index contributed by atoms with van der Waals surface area (Å²) < 4.78 is 0. The smallest absolute Gasteiger partial charge is 0.256 e. The fourth-order valence-corrected chi connectivity index (χ4v) is 2.25. The maximum absolute atomic E-state index is 12.2. The van der Waals surface area contributed by atoms with Gasteiger partial charge >= 0.3 is 0 Å². The monoisotopic (exact) mass is 268 g/mol. The molecule has 2 aromatic carbocycles. The lowest BCUT2D eigenvalue weighted by Crippen LogP contribution is -2.12. The number of carbonyl (C=O) groups excluding carboxylic acids is 1. The lowest BCUT2D eigenvalue weighted by Gasteiger charge is -2.08. The van der Waals surface area contributed by atoms with E-state index < -0.39 is 0 Å². The van der Waals surface area contributed by atoms with E-state index in [4.69, 9.17) is 5.26 Å². The molecule has 0 aromatic heterocycles. The molecule has 0 fully saturated rings. The molecule has 94 valence electrons. The summed E-state index contributed by atoms with van der Waals surface area (Å²) in [5.74, 6) is -0.144. The fraction of sp³-hybridized carbons (Fsp3) is 0.0667. The molecule has 3 nitrogen and oxygen atoms in total. The first-order chi connectivity index (χ1) is 9.24. The van der Waals surface area contributed by atoms with Gasteiger partial charge in [0.15, 0.2) is 0 Å². The van der Waals surface area contributed by atoms with Crippen molar-refractivity contribution >= 4 is 23.4 Å². The summed E-state index contributed by atoms with van der Waals surface area (Å²) in [4.78, 5) is 13.1. The number of nitrogens with zero attached hydrogens (tertiary/aromatic N) is 1. The van der Waals surface area contributed by atoms with Crippen molar-refractivity contribution in [1.29, 1.82) is 5.26 Å². The Morgan fingerprint density at radius 3 is 2.47 bits per heavy atom. The van der Waals surface area contributed by atoms with Crippen molar-refractivity contribution in [3.05, 3.63) is 59.7 Å². The van der Waals surface area contributed by atoms with Gasteiger partial charge in [0.2, 0.25) is 0 Å². The van der Waals surface area contributed by atoms with Crippen LogP contribution in [0.3, 0.4) is 0 Å². The summed E-state index contributed by atoms with van der Waals surface area (Å²) in [6, 6.07) is 16.3. The standard InChI is InChI=1S/C15H12N2OS/c1-19-14-5-3-2-4-13(14)15(18)17-12-8-6-11(10-16)7-9-12/h2-9H,1H3,(H,17,18). The average molecular weight is 268 g/mol. The molecule has 0 radical (unpaired) electrons. The first-order valence-electron chi connectivity index (χ1n) is 5.69. The van der Waals surface area contributed by atoms with E-state index in [-0.39, 0.29) is 5.91 Å². The first-order valence-corrected chi connectivity index (χ1v) is 6.91. The van der Waals surface area contributed by atoms with Gasteiger partial charge in [0.05, 0.1) is 17.2 Å². The zero-order chi connectivity index (χ0) is 13.7. The number of carbonyl (C=O) groups is 1. The molecular formula is C15H12N2OS. The Bertz CT molecular complexity index is 629. The van der Waals surface area contributed by atoms with E-state index in [9.17, 15) is 4.79 Å². The molecule has 0 bridgehead atoms. The summed E-state index contributed by atoms with van der Waals surface area (Å²) in [6.45, 7) is 0. The lowest BCUT2D eigenvalue weighted by molar-refractivity contribution is 0.102. The molecule has 1 amide bonds. The van der Waals surface area contributed by atoms with Crippen LogP contribution in [-0.4, -0.2) is 12.2 Å². The third kappa shape index (κ3) is 3.15. The Morgan fingerprint density at radius 2 is 1.84 bits per heavy atom. The summed E-state index contributed by atoms with van der Waals surface area (Å²) in [5, 5.41) is 11.5. The molecule has 2 rings (SSSR count). The van der Waals surface area contributed by atoms with Crippen LogP contribution in [0.1, 0.15) is 15.9 Å². The average Bonchev–Trinajstić information content (AvgIpc) is 2.48. The van der Waals surface area contributed by atoms with Crippen molar-refractivity contribution in [3.63, 3.8) is 0 Å². The van der Waals surface area contributed by atoms with E-state index in [0.29, 0.717) is 16.8 Å². The van der Waals surface area contributed by atoms with Gasteiger partial charge in [0.1, 0.15) is 0 Å². The normalized spacial score (nSPS) is 9.68. The van der Waals surface area contributed by atoms with Crippen LogP contribution in [0.5, 0.6) is 0 Å². The zero-order valence-electron chi connectivity index (χ0n) is 10.4. The zero-order valence-corrected chi connectivity index (χ0v) is 11.2. The van der Waals surface area contributed by atoms with Gasteiger partial charge < -0.3 is 5.32 Å². The van der Waals surface area contributed by atoms with E-state index in [1.807, 2.05) is 30.5 Å². The molecular weight excluding hydrogens is 256 g/mol. The second-order valence-electron chi connectivity index (χ2n) is 3.84. The van der Waals surface area contributed by atoms with Crippen LogP contribution in [0, 0.1) is 11.3 Å². The Hall–Kier alpha value is -2.25. The summed E-state index contributed by atoms with van der Waals surface area (Å²) in [6.07, 6.45) is 1.94. The van der Waals surface area contributed by atoms with E-state index in [0.717, 1.165) is 4.90 Å². The molecule has 0 aliphatic carbocycles. The molecule has 0 aliphatic heterocycles. The van der Waals surface area contributed by atoms with Crippen LogP contribution >= 0.6 is 11.8 Å². The Balaban J connectivity index is 2.18. The third-order valence-corrected chi connectivity index (χ3v) is 3.42. The maximum Gasteiger partial charge on any atom is 0.256 e. The molecule has 0 aliphatic rings. The van der Waals surface area contributed by atoms with Crippen molar-refractivity contribution in [3.8, 4) is 6.07 Å². The highest BCUT2D eigenvalue weighted by Gasteiger charge is 2.10. The molecule has 0 atom stereocenters. The van der Waals surface area contributed by atoms with Gasteiger partial charge in [-0.25, -0.2) is 0 Å². The number of hydrogen-bond donors (Lipinski definition) is 1. The molecule has 0 saturated carbocycles. The van der Waals surface area contributed by atoms with Crippen molar-refractivity contribution in [2.24, 2.45) is 0 Å². The van der Waals surface area contributed by atoms with E-state index in [2.05, 4.69) is 5.32 Å². The van der Waals surface area contributed by atoms with Crippen molar-refractivity contribution < 1.29 is 4.79 Å². The van der Waals surface area contributed by atoms with E-state index >= 15 is 0 Å². The summed E-state index contributed by atoms with van der Waals surface area (Å²) >= 11 is 1.54. The number of hydrogen-bond acceptors (Lipinski definition) is 3. The van der Waals surface area contributed by atoms with Crippen LogP contribution in [-0.2, 0) is 0 Å². The molecule has 0 unspecified atom stereocenters. The predicted molar refractivity (Wildman–Crippen MR) is 77.3 cm³/mol. The van der Waals surface area contributed by atoms with Crippen LogP contribution in [0.15, 0.2) is 53.4 Å². The minimum atomic E-state index is -0.144. The second kappa shape index (κ2) is 6.07. The number of nitrogens with one attached hydrogen (secondary N) is 1. The van der Waals surface area contributed by atoms with Gasteiger partial charge in [-0.15, -0.1) is 11.8 Å². The summed E-state index contributed by atoms with van der Waals surface area (Å²) in [7, 11) is 0. The number of nitriles is 1. The highest BCUT2D eigenvalue weighted by Crippen LogP contribution is 2.21. The highest BCUT2D eigenvalue weighted by molar-refractivity contribution is 7.98. The van der Waals surface area contributed by atoms with Gasteiger partial charge in [-0.05, 0) is 42.7 Å². The molecule has 0 spiro atoms. The quantitative estimate of drug-likeness (QED) is 0.866. The highest BCUT2D eigenvalue weighted by atomic mass is 32.2. The fourth-order valence-electron chi connectivity index (χ4n) is 1.66. The van der Waals surface area contributed by atoms with Crippen molar-refractivity contribution in [1.82, 2.24) is 0 Å². The second-order valence-corrected chi connectivity index (χ2v) is 4.69. The molecule has 19 heavy (non-hydrogen) atoms. The predicted octanol–water partition coefficient (Wildman–Crippen LogP) is 3.53. The van der Waals surface area contributed by atoms with Gasteiger partial charge in [0, 0.05) is 10.6 Å². The van der Waals surface area contributed by atoms with Crippen LogP contribution in [0.2, 0.25) is 0 Å². The van der Waals surface area contributed by atoms with Crippen LogP contribution in [0.4, 0.5) is 5.69 Å². The number of amides is 1.